The number of aliphatic hydroxyl groups is 1. The third kappa shape index (κ3) is 7.53. The van der Waals surface area contributed by atoms with E-state index in [0.29, 0.717) is 13.1 Å². The van der Waals surface area contributed by atoms with Crippen molar-refractivity contribution < 1.29 is 9.84 Å². The fourth-order valence-electron chi connectivity index (χ4n) is 3.84. The molecule has 0 saturated carbocycles. The molecule has 32 heavy (non-hydrogen) atoms. The number of nitrogens with one attached hydrogen (secondary N) is 2. The van der Waals surface area contributed by atoms with Crippen molar-refractivity contribution in [2.45, 2.75) is 58.8 Å². The number of ether oxygens (including phenoxy) is 1. The summed E-state index contributed by atoms with van der Waals surface area (Å²) in [6.45, 7) is 9.17. The molecule has 1 aliphatic heterocycles. The third-order valence-corrected chi connectivity index (χ3v) is 5.80. The van der Waals surface area contributed by atoms with Crippen LogP contribution in [0.4, 0.5) is 0 Å². The van der Waals surface area contributed by atoms with Crippen LogP contribution in [0.3, 0.4) is 0 Å². The van der Waals surface area contributed by atoms with Crippen LogP contribution in [0.25, 0.3) is 0 Å². The minimum atomic E-state index is -0.121. The number of likely N-dealkylation sites (tertiary alicyclic amines) is 1. The van der Waals surface area contributed by atoms with Crippen molar-refractivity contribution in [3.63, 3.8) is 0 Å². The van der Waals surface area contributed by atoms with Gasteiger partial charge >= 0.3 is 0 Å². The van der Waals surface area contributed by atoms with Crippen LogP contribution < -0.4 is 15.4 Å². The molecular weight excluding hydrogens is 400 g/mol. The molecule has 1 fully saturated rings. The maximum Gasteiger partial charge on any atom is 0.191 e. The second kappa shape index (κ2) is 12.5. The van der Waals surface area contributed by atoms with Crippen LogP contribution in [0.15, 0.2) is 47.5 Å². The molecule has 0 spiro atoms. The van der Waals surface area contributed by atoms with E-state index in [-0.39, 0.29) is 6.10 Å². The van der Waals surface area contributed by atoms with E-state index in [1.165, 1.54) is 16.7 Å². The number of hydrogen-bond donors (Lipinski definition) is 3. The summed E-state index contributed by atoms with van der Waals surface area (Å²) >= 11 is 0. The number of rotatable bonds is 9. The molecule has 1 heterocycles. The van der Waals surface area contributed by atoms with Gasteiger partial charge in [-0.3, -0.25) is 9.89 Å². The van der Waals surface area contributed by atoms with Gasteiger partial charge in [-0.1, -0.05) is 43.3 Å². The van der Waals surface area contributed by atoms with Gasteiger partial charge in [0.25, 0.3) is 0 Å². The minimum absolute atomic E-state index is 0.121. The first-order valence-corrected chi connectivity index (χ1v) is 11.7. The van der Waals surface area contributed by atoms with E-state index in [2.05, 4.69) is 76.8 Å². The largest absolute Gasteiger partial charge is 0.493 e. The first-order chi connectivity index (χ1) is 15.6. The lowest BCUT2D eigenvalue weighted by Crippen LogP contribution is -2.36. The first-order valence-electron chi connectivity index (χ1n) is 11.7. The summed E-state index contributed by atoms with van der Waals surface area (Å²) in [5.74, 6) is 1.71. The molecular formula is C26H38N4O2. The van der Waals surface area contributed by atoms with E-state index in [1.54, 1.807) is 7.05 Å². The SMILES string of the molecule is CCCOc1cc(C)ccc1CNC(=NC)NCc1ccc(CN2CCC(O)CC2)cc1. The van der Waals surface area contributed by atoms with Crippen LogP contribution in [0, 0.1) is 6.92 Å². The topological polar surface area (TPSA) is 69.1 Å². The van der Waals surface area contributed by atoms with Gasteiger partial charge in [0.05, 0.1) is 12.7 Å². The minimum Gasteiger partial charge on any atom is -0.493 e. The average molecular weight is 439 g/mol. The molecule has 3 N–H and O–H groups in total. The van der Waals surface area contributed by atoms with Gasteiger partial charge < -0.3 is 20.5 Å². The van der Waals surface area contributed by atoms with Crippen LogP contribution in [-0.2, 0) is 19.6 Å². The smallest absolute Gasteiger partial charge is 0.191 e. The summed E-state index contributed by atoms with van der Waals surface area (Å²) < 4.78 is 5.92. The lowest BCUT2D eigenvalue weighted by Gasteiger charge is -2.29. The molecule has 1 saturated heterocycles. The first kappa shape index (κ1) is 24.1. The predicted octanol–water partition coefficient (Wildman–Crippen LogP) is 3.61. The van der Waals surface area contributed by atoms with Gasteiger partial charge in [0.1, 0.15) is 5.75 Å². The molecule has 0 radical (unpaired) electrons. The molecule has 174 valence electrons. The van der Waals surface area contributed by atoms with Crippen molar-refractivity contribution in [1.82, 2.24) is 15.5 Å². The van der Waals surface area contributed by atoms with E-state index in [1.807, 2.05) is 0 Å². The molecule has 0 aliphatic carbocycles. The molecule has 0 bridgehead atoms. The quantitative estimate of drug-likeness (QED) is 0.412. The molecule has 2 aromatic carbocycles. The number of guanidine groups is 1. The van der Waals surface area contributed by atoms with Crippen molar-refractivity contribution in [2.75, 3.05) is 26.7 Å². The highest BCUT2D eigenvalue weighted by Gasteiger charge is 2.16. The van der Waals surface area contributed by atoms with Gasteiger partial charge in [0, 0.05) is 45.3 Å². The van der Waals surface area contributed by atoms with Crippen LogP contribution >= 0.6 is 0 Å². The van der Waals surface area contributed by atoms with E-state index in [4.69, 9.17) is 4.74 Å². The fourth-order valence-corrected chi connectivity index (χ4v) is 3.84. The Kier molecular flexibility index (Phi) is 9.38. The maximum atomic E-state index is 9.66. The standard InChI is InChI=1S/C26H38N4O2/c1-4-15-32-25-16-20(2)5-10-23(25)18-29-26(27-3)28-17-21-6-8-22(9-7-21)19-30-13-11-24(31)12-14-30/h5-10,16,24,31H,4,11-15,17-19H2,1-3H3,(H2,27,28,29). The zero-order chi connectivity index (χ0) is 22.8. The van der Waals surface area contributed by atoms with E-state index in [0.717, 1.165) is 62.8 Å². The molecule has 6 nitrogen and oxygen atoms in total. The van der Waals surface area contributed by atoms with Crippen molar-refractivity contribution in [2.24, 2.45) is 4.99 Å². The third-order valence-electron chi connectivity index (χ3n) is 5.80. The van der Waals surface area contributed by atoms with Crippen molar-refractivity contribution >= 4 is 5.96 Å². The molecule has 0 aromatic heterocycles. The Balaban J connectivity index is 1.47. The number of aliphatic imine (C=N–C) groups is 1. The maximum absolute atomic E-state index is 9.66. The van der Waals surface area contributed by atoms with Crippen molar-refractivity contribution in [3.8, 4) is 5.75 Å². The number of benzene rings is 2. The zero-order valence-corrected chi connectivity index (χ0v) is 19.7. The Morgan fingerprint density at radius 1 is 1.06 bits per heavy atom. The Hall–Kier alpha value is -2.57. The highest BCUT2D eigenvalue weighted by atomic mass is 16.5. The summed E-state index contributed by atoms with van der Waals surface area (Å²) in [5, 5.41) is 16.4. The molecule has 1 aliphatic rings. The van der Waals surface area contributed by atoms with Gasteiger partial charge in [-0.05, 0) is 48.9 Å². The second-order valence-corrected chi connectivity index (χ2v) is 8.56. The highest BCUT2D eigenvalue weighted by molar-refractivity contribution is 5.79. The molecule has 0 unspecified atom stereocenters. The van der Waals surface area contributed by atoms with Gasteiger partial charge in [-0.15, -0.1) is 0 Å². The Labute approximate surface area is 192 Å². The Morgan fingerprint density at radius 2 is 1.75 bits per heavy atom. The monoisotopic (exact) mass is 438 g/mol. The summed E-state index contributed by atoms with van der Waals surface area (Å²) in [5.41, 5.74) is 4.85. The summed E-state index contributed by atoms with van der Waals surface area (Å²) in [6.07, 6.45) is 2.62. The van der Waals surface area contributed by atoms with E-state index < -0.39 is 0 Å². The molecule has 2 aromatic rings. The zero-order valence-electron chi connectivity index (χ0n) is 19.7. The van der Waals surface area contributed by atoms with Crippen molar-refractivity contribution in [1.29, 1.82) is 0 Å². The van der Waals surface area contributed by atoms with Gasteiger partial charge in [0.15, 0.2) is 5.96 Å². The summed E-state index contributed by atoms with van der Waals surface area (Å²) in [4.78, 5) is 6.77. The van der Waals surface area contributed by atoms with Gasteiger partial charge in [-0.2, -0.15) is 0 Å². The van der Waals surface area contributed by atoms with Crippen LogP contribution in [0.5, 0.6) is 5.75 Å². The summed E-state index contributed by atoms with van der Waals surface area (Å²) in [6, 6.07) is 15.1. The van der Waals surface area contributed by atoms with E-state index in [9.17, 15) is 5.11 Å². The van der Waals surface area contributed by atoms with Crippen molar-refractivity contribution in [3.05, 3.63) is 64.7 Å². The van der Waals surface area contributed by atoms with Gasteiger partial charge in [0.2, 0.25) is 0 Å². The number of aliphatic hydroxyl groups excluding tert-OH is 1. The molecule has 0 amide bonds. The predicted molar refractivity (Wildman–Crippen MR) is 131 cm³/mol. The molecule has 6 heteroatoms. The average Bonchev–Trinajstić information content (AvgIpc) is 2.81. The lowest BCUT2D eigenvalue weighted by molar-refractivity contribution is 0.0792. The number of aryl methyl sites for hydroxylation is 1. The normalized spacial score (nSPS) is 15.6. The van der Waals surface area contributed by atoms with E-state index >= 15 is 0 Å². The highest BCUT2D eigenvalue weighted by Crippen LogP contribution is 2.20. The fraction of sp³-hybridized carbons (Fsp3) is 0.500. The number of piperidine rings is 1. The molecule has 3 rings (SSSR count). The number of nitrogens with zero attached hydrogens (tertiary/aromatic N) is 2. The lowest BCUT2D eigenvalue weighted by atomic mass is 10.1. The Bertz CT molecular complexity index is 859. The second-order valence-electron chi connectivity index (χ2n) is 8.56. The van der Waals surface area contributed by atoms with Gasteiger partial charge in [-0.25, -0.2) is 0 Å². The van der Waals surface area contributed by atoms with Crippen LogP contribution in [0.1, 0.15) is 48.4 Å². The number of hydrogen-bond acceptors (Lipinski definition) is 4. The van der Waals surface area contributed by atoms with Crippen LogP contribution in [0.2, 0.25) is 0 Å². The van der Waals surface area contributed by atoms with Crippen LogP contribution in [-0.4, -0.2) is 48.8 Å². The molecule has 0 atom stereocenters. The Morgan fingerprint density at radius 3 is 2.44 bits per heavy atom. The summed E-state index contributed by atoms with van der Waals surface area (Å²) in [7, 11) is 1.79.